The summed E-state index contributed by atoms with van der Waals surface area (Å²) in [7, 11) is 1.54. The first-order valence-electron chi connectivity index (χ1n) is 5.77. The third kappa shape index (κ3) is 1.89. The fourth-order valence-corrected chi connectivity index (χ4v) is 2.99. The quantitative estimate of drug-likeness (QED) is 0.467. The number of thioether (sulfide) groups is 1. The average molecular weight is 304 g/mol. The predicted molar refractivity (Wildman–Crippen MR) is 77.6 cm³/mol. The number of anilines is 1. The maximum atomic E-state index is 12.3. The highest BCUT2D eigenvalue weighted by Crippen LogP contribution is 2.43. The molecule has 2 N–H and O–H groups in total. The Morgan fingerprint density at radius 3 is 2.67 bits per heavy atom. The molecular weight excluding hydrogens is 296 g/mol. The second-order valence-electron chi connectivity index (χ2n) is 4.38. The minimum Gasteiger partial charge on any atom is -0.378 e. The number of benzene rings is 1. The zero-order valence-corrected chi connectivity index (χ0v) is 11.5. The molecule has 2 heterocycles. The lowest BCUT2D eigenvalue weighted by atomic mass is 10.1. The van der Waals surface area contributed by atoms with Gasteiger partial charge in [-0.25, -0.2) is 0 Å². The summed E-state index contributed by atoms with van der Waals surface area (Å²) in [4.78, 5) is 39.5. The molecule has 8 nitrogen and oxygen atoms in total. The highest BCUT2D eigenvalue weighted by molar-refractivity contribution is 8.18. The lowest BCUT2D eigenvalue weighted by molar-refractivity contribution is -0.384. The minimum absolute atomic E-state index is 0.0526. The van der Waals surface area contributed by atoms with E-state index in [0.717, 1.165) is 11.8 Å². The van der Waals surface area contributed by atoms with E-state index in [-0.39, 0.29) is 21.3 Å². The Bertz CT molecular complexity index is 783. The van der Waals surface area contributed by atoms with Crippen molar-refractivity contribution in [3.8, 4) is 0 Å². The van der Waals surface area contributed by atoms with Gasteiger partial charge in [-0.3, -0.25) is 19.7 Å². The number of nitrogens with two attached hydrogens (primary N) is 1. The normalized spacial score (nSPS) is 20.8. The van der Waals surface area contributed by atoms with Crippen LogP contribution in [0.2, 0.25) is 0 Å². The summed E-state index contributed by atoms with van der Waals surface area (Å²) >= 11 is 0.895. The second kappa shape index (κ2) is 4.42. The third-order valence-corrected chi connectivity index (χ3v) is 4.06. The molecule has 2 aliphatic rings. The number of rotatable bonds is 1. The van der Waals surface area contributed by atoms with E-state index >= 15 is 0 Å². The van der Waals surface area contributed by atoms with Crippen LogP contribution in [0.1, 0.15) is 5.56 Å². The second-order valence-corrected chi connectivity index (χ2v) is 5.41. The van der Waals surface area contributed by atoms with Crippen molar-refractivity contribution in [2.75, 3.05) is 11.9 Å². The Morgan fingerprint density at radius 1 is 1.38 bits per heavy atom. The number of hydrogen-bond donors (Lipinski definition) is 1. The van der Waals surface area contributed by atoms with Crippen molar-refractivity contribution in [3.63, 3.8) is 0 Å². The molecule has 0 fully saturated rings. The minimum atomic E-state index is -0.603. The van der Waals surface area contributed by atoms with Gasteiger partial charge in [0.1, 0.15) is 0 Å². The topological polar surface area (TPSA) is 119 Å². The maximum absolute atomic E-state index is 12.3. The molecule has 3 rings (SSSR count). The number of nitro benzene ring substituents is 1. The van der Waals surface area contributed by atoms with Crippen LogP contribution in [0.3, 0.4) is 0 Å². The van der Waals surface area contributed by atoms with Gasteiger partial charge in [0, 0.05) is 24.7 Å². The molecule has 0 atom stereocenters. The molecule has 0 spiro atoms. The summed E-state index contributed by atoms with van der Waals surface area (Å²) in [5.74, 6) is -1.01. The van der Waals surface area contributed by atoms with Gasteiger partial charge in [0.25, 0.3) is 17.5 Å². The Labute approximate surface area is 122 Å². The molecule has 0 unspecified atom stereocenters. The molecule has 106 valence electrons. The number of carbonyl (C=O) groups is 2. The number of nitrogens with zero attached hydrogens (tertiary/aromatic N) is 3. The predicted octanol–water partition coefficient (Wildman–Crippen LogP) is 0.870. The van der Waals surface area contributed by atoms with Gasteiger partial charge in [0.05, 0.1) is 21.1 Å². The number of non-ortho nitro benzene ring substituents is 1. The highest BCUT2D eigenvalue weighted by Gasteiger charge is 2.37. The summed E-state index contributed by atoms with van der Waals surface area (Å²) in [5, 5.41) is 10.9. The van der Waals surface area contributed by atoms with Crippen LogP contribution in [0.25, 0.3) is 5.57 Å². The largest absolute Gasteiger partial charge is 0.378 e. The van der Waals surface area contributed by atoms with Gasteiger partial charge in [-0.05, 0) is 17.8 Å². The van der Waals surface area contributed by atoms with Crippen LogP contribution < -0.4 is 10.6 Å². The van der Waals surface area contributed by atoms with E-state index in [9.17, 15) is 19.7 Å². The number of carbonyl (C=O) groups excluding carboxylic acids is 2. The van der Waals surface area contributed by atoms with Crippen LogP contribution >= 0.6 is 11.8 Å². The van der Waals surface area contributed by atoms with Crippen LogP contribution in [-0.2, 0) is 9.59 Å². The standard InChI is InChI=1S/C12H8N4O4S/c1-15-7-3-2-5(16(19)20)4-6(7)8(11(15)18)9-10(17)14-12(13)21-9/h2-4H,1H3,(H2,13,14,17). The lowest BCUT2D eigenvalue weighted by Crippen LogP contribution is -2.21. The molecule has 0 aliphatic carbocycles. The van der Waals surface area contributed by atoms with Gasteiger partial charge in [-0.2, -0.15) is 4.99 Å². The number of amidine groups is 1. The van der Waals surface area contributed by atoms with Gasteiger partial charge >= 0.3 is 0 Å². The lowest BCUT2D eigenvalue weighted by Gasteiger charge is -2.08. The van der Waals surface area contributed by atoms with Crippen molar-refractivity contribution in [1.82, 2.24) is 0 Å². The van der Waals surface area contributed by atoms with Gasteiger partial charge in [-0.1, -0.05) is 0 Å². The number of fused-ring (bicyclic) bond motifs is 1. The van der Waals surface area contributed by atoms with Gasteiger partial charge in [-0.15, -0.1) is 0 Å². The molecule has 1 aromatic carbocycles. The van der Waals surface area contributed by atoms with Crippen molar-refractivity contribution in [1.29, 1.82) is 0 Å². The molecule has 1 aromatic rings. The first-order chi connectivity index (χ1) is 9.90. The first kappa shape index (κ1) is 13.3. The third-order valence-electron chi connectivity index (χ3n) is 3.18. The Balaban J connectivity index is 2.24. The molecule has 9 heteroatoms. The van der Waals surface area contributed by atoms with Gasteiger partial charge in [0.2, 0.25) is 0 Å². The smallest absolute Gasteiger partial charge is 0.287 e. The van der Waals surface area contributed by atoms with Crippen LogP contribution in [0.5, 0.6) is 0 Å². The number of aliphatic imine (C=N–C) groups is 1. The highest BCUT2D eigenvalue weighted by atomic mass is 32.2. The van der Waals surface area contributed by atoms with Crippen LogP contribution in [0, 0.1) is 10.1 Å². The SMILES string of the molecule is CN1C(=O)C(=C2SC(N)=NC2=O)c2cc([N+](=O)[O-])ccc21. The van der Waals surface area contributed by atoms with E-state index in [1.807, 2.05) is 0 Å². The van der Waals surface area contributed by atoms with Gasteiger partial charge < -0.3 is 10.6 Å². The molecular formula is C12H8N4O4S. The molecule has 21 heavy (non-hydrogen) atoms. The van der Waals surface area contributed by atoms with Crippen LogP contribution in [-0.4, -0.2) is 29.0 Å². The Kier molecular flexibility index (Phi) is 2.80. The molecule has 0 bridgehead atoms. The van der Waals surface area contributed by atoms with Crippen molar-refractivity contribution >= 4 is 45.7 Å². The maximum Gasteiger partial charge on any atom is 0.287 e. The fraction of sp³-hybridized carbons (Fsp3) is 0.0833. The zero-order chi connectivity index (χ0) is 15.3. The van der Waals surface area contributed by atoms with E-state index in [1.165, 1.54) is 30.1 Å². The molecule has 0 saturated heterocycles. The molecule has 2 aliphatic heterocycles. The van der Waals surface area contributed by atoms with Crippen molar-refractivity contribution in [2.24, 2.45) is 10.7 Å². The Morgan fingerprint density at radius 2 is 2.10 bits per heavy atom. The van der Waals surface area contributed by atoms with E-state index < -0.39 is 16.7 Å². The summed E-state index contributed by atoms with van der Waals surface area (Å²) in [6, 6.07) is 4.07. The zero-order valence-electron chi connectivity index (χ0n) is 10.7. The molecule has 0 aromatic heterocycles. The van der Waals surface area contributed by atoms with Crippen LogP contribution in [0.4, 0.5) is 11.4 Å². The summed E-state index contributed by atoms with van der Waals surface area (Å²) in [6.07, 6.45) is 0. The molecule has 2 amide bonds. The summed E-state index contributed by atoms with van der Waals surface area (Å²) in [5.41, 5.74) is 6.29. The molecule has 0 saturated carbocycles. The van der Waals surface area contributed by atoms with E-state index in [0.29, 0.717) is 11.3 Å². The van der Waals surface area contributed by atoms with Crippen molar-refractivity contribution in [2.45, 2.75) is 0 Å². The van der Waals surface area contributed by atoms with E-state index in [1.54, 1.807) is 0 Å². The van der Waals surface area contributed by atoms with Crippen LogP contribution in [0.15, 0.2) is 28.1 Å². The first-order valence-corrected chi connectivity index (χ1v) is 6.59. The Hall–Kier alpha value is -2.68. The van der Waals surface area contributed by atoms with E-state index in [2.05, 4.69) is 4.99 Å². The number of nitro groups is 1. The molecule has 0 radical (unpaired) electrons. The van der Waals surface area contributed by atoms with Crippen molar-refractivity contribution in [3.05, 3.63) is 38.8 Å². The number of amides is 2. The number of likely N-dealkylation sites (N-methyl/N-ethyl adjacent to an activating group) is 1. The number of hydrogen-bond acceptors (Lipinski definition) is 6. The van der Waals surface area contributed by atoms with Gasteiger partial charge in [0.15, 0.2) is 5.17 Å². The van der Waals surface area contributed by atoms with Crippen molar-refractivity contribution < 1.29 is 14.5 Å². The summed E-state index contributed by atoms with van der Waals surface area (Å²) in [6.45, 7) is 0. The average Bonchev–Trinajstić information content (AvgIpc) is 2.88. The van der Waals surface area contributed by atoms with E-state index in [4.69, 9.17) is 5.73 Å². The fourth-order valence-electron chi connectivity index (χ4n) is 2.22. The monoisotopic (exact) mass is 304 g/mol. The summed E-state index contributed by atoms with van der Waals surface area (Å²) < 4.78 is 0.